The Labute approximate surface area is 215 Å². The second-order valence-electron chi connectivity index (χ2n) is 12.1. The molecule has 3 unspecified atom stereocenters. The van der Waals surface area contributed by atoms with Crippen LogP contribution >= 0.6 is 0 Å². The van der Waals surface area contributed by atoms with Crippen LogP contribution in [0.4, 0.5) is 0 Å². The Morgan fingerprint density at radius 1 is 1.08 bits per heavy atom. The molecule has 2 aliphatic carbocycles. The Morgan fingerprint density at radius 2 is 1.75 bits per heavy atom. The summed E-state index contributed by atoms with van der Waals surface area (Å²) in [4.78, 5) is 15.7. The van der Waals surface area contributed by atoms with Crippen molar-refractivity contribution in [1.82, 2.24) is 4.90 Å². The summed E-state index contributed by atoms with van der Waals surface area (Å²) in [6, 6.07) is 20.0. The highest BCUT2D eigenvalue weighted by Crippen LogP contribution is 2.57. The molecule has 6 atom stereocenters. The van der Waals surface area contributed by atoms with Gasteiger partial charge in [-0.1, -0.05) is 79.7 Å². The number of rotatable bonds is 5. The number of hydrogen-bond acceptors (Lipinski definition) is 4. The average molecular weight is 486 g/mol. The fraction of sp³-hybridized carbons (Fsp3) is 0.531. The molecule has 0 amide bonds. The minimum Gasteiger partial charge on any atom is -0.462 e. The van der Waals surface area contributed by atoms with Crippen molar-refractivity contribution in [3.05, 3.63) is 83.9 Å². The van der Waals surface area contributed by atoms with Crippen LogP contribution in [0.5, 0.6) is 0 Å². The molecule has 2 saturated heterocycles. The average Bonchev–Trinajstić information content (AvgIpc) is 3.47. The number of aliphatic hydroxyl groups is 1. The van der Waals surface area contributed by atoms with E-state index in [2.05, 4.69) is 18.4 Å². The molecule has 0 bridgehead atoms. The van der Waals surface area contributed by atoms with Gasteiger partial charge in [-0.2, -0.15) is 0 Å². The van der Waals surface area contributed by atoms with Gasteiger partial charge in [-0.25, -0.2) is 0 Å². The number of benzene rings is 2. The van der Waals surface area contributed by atoms with Crippen molar-refractivity contribution in [2.45, 2.75) is 69.6 Å². The van der Waals surface area contributed by atoms with Gasteiger partial charge in [0.2, 0.25) is 0 Å². The highest BCUT2D eigenvalue weighted by Gasteiger charge is 2.56. The first kappa shape index (κ1) is 23.9. The maximum Gasteiger partial charge on any atom is 0.310 e. The molecule has 4 fully saturated rings. The highest BCUT2D eigenvalue weighted by molar-refractivity contribution is 5.75. The van der Waals surface area contributed by atoms with Crippen molar-refractivity contribution in [3.63, 3.8) is 0 Å². The fourth-order valence-electron chi connectivity index (χ4n) is 8.17. The molecule has 0 aromatic heterocycles. The first-order chi connectivity index (χ1) is 17.4. The zero-order chi connectivity index (χ0) is 24.9. The predicted molar refractivity (Wildman–Crippen MR) is 141 cm³/mol. The third kappa shape index (κ3) is 3.85. The fourth-order valence-corrected chi connectivity index (χ4v) is 8.17. The van der Waals surface area contributed by atoms with Crippen molar-refractivity contribution >= 4 is 5.97 Å². The van der Waals surface area contributed by atoms with Crippen LogP contribution in [0.1, 0.15) is 63.0 Å². The van der Waals surface area contributed by atoms with E-state index in [1.165, 1.54) is 18.4 Å². The molecule has 4 heteroatoms. The van der Waals surface area contributed by atoms with Crippen LogP contribution in [0.15, 0.2) is 72.8 Å². The quantitative estimate of drug-likeness (QED) is 0.436. The van der Waals surface area contributed by atoms with Gasteiger partial charge < -0.3 is 9.84 Å². The molecule has 4 aliphatic rings. The van der Waals surface area contributed by atoms with E-state index in [4.69, 9.17) is 4.74 Å². The van der Waals surface area contributed by atoms with Crippen molar-refractivity contribution in [2.24, 2.45) is 23.2 Å². The smallest absolute Gasteiger partial charge is 0.310 e. The molecule has 2 aromatic carbocycles. The Bertz CT molecular complexity index is 1080. The summed E-state index contributed by atoms with van der Waals surface area (Å²) in [5.41, 5.74) is 2.27. The van der Waals surface area contributed by atoms with Crippen LogP contribution in [0, 0.1) is 23.2 Å². The number of carbonyl (C=O) groups is 1. The maximum atomic E-state index is 13.3. The number of carbonyl (C=O) groups excluding carboxylic acids is 1. The summed E-state index contributed by atoms with van der Waals surface area (Å²) < 4.78 is 6.07. The standard InChI is InChI=1S/C32H39NO3/c1-22-11-9-17-31(2)20-28-25(19-27(22)31)26(30(34)36-28)21-33-18-10-16-29(33)32(35,23-12-5-3-6-13-23)24-14-7-4-8-15-24/h3-8,12-15,25-29,35H,1,9-11,16-21H2,2H3/t25-,26?,27?,28-,29?,31-/m1/s1. The monoisotopic (exact) mass is 485 g/mol. The zero-order valence-electron chi connectivity index (χ0n) is 21.4. The van der Waals surface area contributed by atoms with E-state index in [1.807, 2.05) is 60.7 Å². The van der Waals surface area contributed by atoms with Crippen LogP contribution < -0.4 is 0 Å². The van der Waals surface area contributed by atoms with E-state index < -0.39 is 5.60 Å². The Hall–Kier alpha value is -2.43. The van der Waals surface area contributed by atoms with E-state index >= 15 is 0 Å². The Balaban J connectivity index is 1.29. The van der Waals surface area contributed by atoms with E-state index in [9.17, 15) is 9.90 Å². The molecule has 0 spiro atoms. The van der Waals surface area contributed by atoms with Gasteiger partial charge in [0.1, 0.15) is 11.7 Å². The molecule has 36 heavy (non-hydrogen) atoms. The van der Waals surface area contributed by atoms with Crippen molar-refractivity contribution in [3.8, 4) is 0 Å². The van der Waals surface area contributed by atoms with Crippen LogP contribution in [-0.2, 0) is 15.1 Å². The lowest BCUT2D eigenvalue weighted by Crippen LogP contribution is -2.51. The van der Waals surface area contributed by atoms with Crippen LogP contribution in [0.25, 0.3) is 0 Å². The largest absolute Gasteiger partial charge is 0.462 e. The molecular weight excluding hydrogens is 446 g/mol. The molecule has 1 N–H and O–H groups in total. The SMILES string of the molecule is C=C1CCC[C@]2(C)C[C@H]3OC(=O)C(CN4CCCC4C(O)(c4ccccc4)c4ccccc4)[C@H]3CC12. The topological polar surface area (TPSA) is 49.8 Å². The summed E-state index contributed by atoms with van der Waals surface area (Å²) in [5, 5.41) is 12.4. The summed E-state index contributed by atoms with van der Waals surface area (Å²) in [7, 11) is 0. The number of nitrogens with zero attached hydrogens (tertiary/aromatic N) is 1. The van der Waals surface area contributed by atoms with Gasteiger partial charge in [0, 0.05) is 18.5 Å². The van der Waals surface area contributed by atoms with Gasteiger partial charge in [0.05, 0.1) is 5.92 Å². The van der Waals surface area contributed by atoms with Gasteiger partial charge in [-0.05, 0) is 74.0 Å². The highest BCUT2D eigenvalue weighted by atomic mass is 16.6. The van der Waals surface area contributed by atoms with Gasteiger partial charge >= 0.3 is 5.97 Å². The molecule has 0 radical (unpaired) electrons. The molecule has 190 valence electrons. The Kier molecular flexibility index (Phi) is 6.08. The summed E-state index contributed by atoms with van der Waals surface area (Å²) in [5.74, 6) is 0.565. The number of likely N-dealkylation sites (tertiary alicyclic amines) is 1. The lowest BCUT2D eigenvalue weighted by Gasteiger charge is -2.50. The number of allylic oxidation sites excluding steroid dienone is 1. The van der Waals surface area contributed by atoms with Crippen molar-refractivity contribution in [2.75, 3.05) is 13.1 Å². The van der Waals surface area contributed by atoms with E-state index in [1.54, 1.807) is 0 Å². The van der Waals surface area contributed by atoms with Crippen molar-refractivity contribution < 1.29 is 14.6 Å². The predicted octanol–water partition coefficient (Wildman–Crippen LogP) is 5.70. The lowest BCUT2D eigenvalue weighted by molar-refractivity contribution is -0.146. The van der Waals surface area contributed by atoms with Crippen molar-refractivity contribution in [1.29, 1.82) is 0 Å². The zero-order valence-corrected chi connectivity index (χ0v) is 21.4. The van der Waals surface area contributed by atoms with Gasteiger partial charge in [-0.3, -0.25) is 9.69 Å². The molecule has 2 aliphatic heterocycles. The van der Waals surface area contributed by atoms with E-state index in [0.29, 0.717) is 12.5 Å². The van der Waals surface area contributed by atoms with Crippen LogP contribution in [0.3, 0.4) is 0 Å². The number of ether oxygens (including phenoxy) is 1. The Morgan fingerprint density at radius 3 is 2.42 bits per heavy atom. The minimum absolute atomic E-state index is 0.0258. The molecule has 6 rings (SSSR count). The third-order valence-electron chi connectivity index (χ3n) is 10.0. The number of hydrogen-bond donors (Lipinski definition) is 1. The summed E-state index contributed by atoms with van der Waals surface area (Å²) in [6.07, 6.45) is 7.44. The number of esters is 1. The van der Waals surface area contributed by atoms with E-state index in [-0.39, 0.29) is 35.4 Å². The molecule has 2 saturated carbocycles. The molecular formula is C32H39NO3. The first-order valence-electron chi connectivity index (χ1n) is 13.9. The second-order valence-corrected chi connectivity index (χ2v) is 12.1. The summed E-state index contributed by atoms with van der Waals surface area (Å²) >= 11 is 0. The molecule has 2 heterocycles. The van der Waals surface area contributed by atoms with Crippen LogP contribution in [0.2, 0.25) is 0 Å². The third-order valence-corrected chi connectivity index (χ3v) is 10.0. The van der Waals surface area contributed by atoms with Gasteiger partial charge in [0.25, 0.3) is 0 Å². The van der Waals surface area contributed by atoms with E-state index in [0.717, 1.165) is 49.8 Å². The van der Waals surface area contributed by atoms with Crippen LogP contribution in [-0.4, -0.2) is 41.2 Å². The maximum absolute atomic E-state index is 13.3. The number of fused-ring (bicyclic) bond motifs is 2. The van der Waals surface area contributed by atoms with Gasteiger partial charge in [-0.15, -0.1) is 0 Å². The lowest BCUT2D eigenvalue weighted by atomic mass is 9.55. The molecule has 4 nitrogen and oxygen atoms in total. The molecule has 2 aromatic rings. The normalized spacial score (nSPS) is 34.8. The summed E-state index contributed by atoms with van der Waals surface area (Å²) in [6.45, 7) is 8.38. The van der Waals surface area contributed by atoms with Gasteiger partial charge in [0.15, 0.2) is 0 Å². The first-order valence-corrected chi connectivity index (χ1v) is 13.9. The minimum atomic E-state index is -1.14. The second kappa shape index (κ2) is 9.15.